The van der Waals surface area contributed by atoms with Crippen molar-refractivity contribution in [2.24, 2.45) is 0 Å². The van der Waals surface area contributed by atoms with Gasteiger partial charge in [-0.1, -0.05) is 254 Å². The van der Waals surface area contributed by atoms with Gasteiger partial charge in [0.2, 0.25) is 0 Å². The van der Waals surface area contributed by atoms with Crippen molar-refractivity contribution in [1.82, 2.24) is 0 Å². The molecule has 0 fully saturated rings. The predicted octanol–water partition coefficient (Wildman–Crippen LogP) is 17.6. The van der Waals surface area contributed by atoms with Crippen LogP contribution in [0.5, 0.6) is 0 Å². The van der Waals surface area contributed by atoms with Crippen molar-refractivity contribution in [3.8, 4) is 0 Å². The van der Waals surface area contributed by atoms with Crippen LogP contribution in [0.15, 0.2) is 85.1 Å². The van der Waals surface area contributed by atoms with Crippen LogP contribution >= 0.6 is 0 Å². The minimum Gasteiger partial charge on any atom is -0.462 e. The van der Waals surface area contributed by atoms with E-state index in [9.17, 15) is 14.4 Å². The van der Waals surface area contributed by atoms with Crippen molar-refractivity contribution in [3.63, 3.8) is 0 Å². The molecule has 0 heterocycles. The molecule has 6 nitrogen and oxygen atoms in total. The number of ether oxygens (including phenoxy) is 3. The first-order chi connectivity index (χ1) is 31.5. The highest BCUT2D eigenvalue weighted by Gasteiger charge is 2.19. The van der Waals surface area contributed by atoms with E-state index in [4.69, 9.17) is 14.2 Å². The molecule has 0 bridgehead atoms. The summed E-state index contributed by atoms with van der Waals surface area (Å²) in [5.74, 6) is -0.976. The Morgan fingerprint density at radius 3 is 1.06 bits per heavy atom. The SMILES string of the molecule is CC/C=C/C=C/C=C/C=C/C=C/CCCC(=O)OCC(COC(=O)CCCCCCCCCCCC/C=C/C=C/CCCCC)OC(=O)CCCCCCCCCCCCCCCC. The Labute approximate surface area is 395 Å². The van der Waals surface area contributed by atoms with Crippen LogP contribution < -0.4 is 0 Å². The van der Waals surface area contributed by atoms with Crippen LogP contribution in [0, 0.1) is 0 Å². The summed E-state index contributed by atoms with van der Waals surface area (Å²) in [6.07, 6.45) is 67.2. The lowest BCUT2D eigenvalue weighted by Crippen LogP contribution is -2.30. The van der Waals surface area contributed by atoms with Crippen LogP contribution in [0.2, 0.25) is 0 Å². The number of carbonyl (C=O) groups is 3. The molecule has 0 amide bonds. The average Bonchev–Trinajstić information content (AvgIpc) is 3.29. The Morgan fingerprint density at radius 2 is 0.625 bits per heavy atom. The first-order valence-corrected chi connectivity index (χ1v) is 26.7. The zero-order chi connectivity index (χ0) is 46.5. The summed E-state index contributed by atoms with van der Waals surface area (Å²) >= 11 is 0. The topological polar surface area (TPSA) is 78.9 Å². The summed E-state index contributed by atoms with van der Waals surface area (Å²) < 4.78 is 16.7. The maximum absolute atomic E-state index is 12.8. The third kappa shape index (κ3) is 49.6. The molecule has 64 heavy (non-hydrogen) atoms. The second-order valence-corrected chi connectivity index (χ2v) is 17.6. The molecular formula is C58H98O6. The fraction of sp³-hybridized carbons (Fsp3) is 0.707. The predicted molar refractivity (Wildman–Crippen MR) is 274 cm³/mol. The van der Waals surface area contributed by atoms with E-state index in [1.54, 1.807) is 0 Å². The van der Waals surface area contributed by atoms with Crippen LogP contribution in [0.3, 0.4) is 0 Å². The quantitative estimate of drug-likeness (QED) is 0.0262. The Morgan fingerprint density at radius 1 is 0.328 bits per heavy atom. The van der Waals surface area contributed by atoms with Gasteiger partial charge in [0.05, 0.1) is 0 Å². The lowest BCUT2D eigenvalue weighted by molar-refractivity contribution is -0.167. The minimum atomic E-state index is -0.804. The first-order valence-electron chi connectivity index (χ1n) is 26.7. The van der Waals surface area contributed by atoms with Crippen LogP contribution in [-0.2, 0) is 28.6 Å². The van der Waals surface area contributed by atoms with Gasteiger partial charge in [0.15, 0.2) is 6.10 Å². The van der Waals surface area contributed by atoms with Crippen molar-refractivity contribution >= 4 is 17.9 Å². The highest BCUT2D eigenvalue weighted by molar-refractivity contribution is 5.71. The van der Waals surface area contributed by atoms with E-state index in [0.717, 1.165) is 51.4 Å². The molecule has 0 aliphatic rings. The fourth-order valence-corrected chi connectivity index (χ4v) is 7.29. The van der Waals surface area contributed by atoms with Crippen molar-refractivity contribution in [2.45, 2.75) is 252 Å². The molecule has 0 radical (unpaired) electrons. The zero-order valence-corrected chi connectivity index (χ0v) is 41.8. The van der Waals surface area contributed by atoms with E-state index in [2.05, 4.69) is 51.2 Å². The van der Waals surface area contributed by atoms with Crippen molar-refractivity contribution in [2.75, 3.05) is 13.2 Å². The Hall–Kier alpha value is -3.41. The van der Waals surface area contributed by atoms with Gasteiger partial charge in [0.25, 0.3) is 0 Å². The maximum atomic E-state index is 12.8. The van der Waals surface area contributed by atoms with Crippen molar-refractivity contribution < 1.29 is 28.6 Å². The molecule has 0 aromatic rings. The van der Waals surface area contributed by atoms with Gasteiger partial charge < -0.3 is 14.2 Å². The van der Waals surface area contributed by atoms with Gasteiger partial charge in [0, 0.05) is 19.3 Å². The summed E-state index contributed by atoms with van der Waals surface area (Å²) in [6.45, 7) is 6.41. The van der Waals surface area contributed by atoms with Crippen LogP contribution in [0.25, 0.3) is 0 Å². The standard InChI is InChI=1S/C58H98O6/c1-4-7-10-13-16-19-22-25-27-28-29-30-31-34-36-39-42-45-48-51-57(60)63-54-55(53-62-56(59)50-47-44-41-38-35-32-24-21-18-15-12-9-6-3)64-58(61)52-49-46-43-40-37-33-26-23-20-17-14-11-8-5-2/h9,12,15-16,18-19,21-22,24-25,32,35,38,41,55H,4-8,10-11,13-14,17,20,23,26-31,33-34,36-37,39-40,42-54H2,1-3H3/b12-9+,18-15+,19-16+,24-21+,25-22+,35-32+,41-38+. The second-order valence-electron chi connectivity index (χ2n) is 17.6. The van der Waals surface area contributed by atoms with E-state index in [1.807, 2.05) is 54.7 Å². The van der Waals surface area contributed by atoms with Crippen LogP contribution in [0.1, 0.15) is 245 Å². The van der Waals surface area contributed by atoms with Gasteiger partial charge in [0.1, 0.15) is 13.2 Å². The number of unbranched alkanes of at least 4 members (excludes halogenated alkanes) is 27. The molecule has 0 N–H and O–H groups in total. The van der Waals surface area contributed by atoms with E-state index < -0.39 is 6.10 Å². The highest BCUT2D eigenvalue weighted by Crippen LogP contribution is 2.15. The summed E-state index contributed by atoms with van der Waals surface area (Å²) in [7, 11) is 0. The molecule has 0 aromatic heterocycles. The molecule has 0 aromatic carbocycles. The molecule has 1 unspecified atom stereocenters. The smallest absolute Gasteiger partial charge is 0.306 e. The van der Waals surface area contributed by atoms with Crippen molar-refractivity contribution in [3.05, 3.63) is 85.1 Å². The maximum Gasteiger partial charge on any atom is 0.306 e. The largest absolute Gasteiger partial charge is 0.462 e. The molecule has 1 atom stereocenters. The van der Waals surface area contributed by atoms with Gasteiger partial charge in [-0.2, -0.15) is 0 Å². The van der Waals surface area contributed by atoms with E-state index in [0.29, 0.717) is 19.3 Å². The third-order valence-corrected chi connectivity index (χ3v) is 11.3. The van der Waals surface area contributed by atoms with Gasteiger partial charge in [-0.3, -0.25) is 14.4 Å². The van der Waals surface area contributed by atoms with Crippen LogP contribution in [0.4, 0.5) is 0 Å². The van der Waals surface area contributed by atoms with Crippen molar-refractivity contribution in [1.29, 1.82) is 0 Å². The summed E-state index contributed by atoms with van der Waals surface area (Å²) in [4.78, 5) is 38.0. The molecule has 0 rings (SSSR count). The number of allylic oxidation sites excluding steroid dienone is 14. The number of carbonyl (C=O) groups excluding carboxylic acids is 3. The molecule has 0 saturated carbocycles. The lowest BCUT2D eigenvalue weighted by atomic mass is 10.0. The van der Waals surface area contributed by atoms with Crippen LogP contribution in [-0.4, -0.2) is 37.2 Å². The molecule has 0 saturated heterocycles. The Balaban J connectivity index is 4.43. The monoisotopic (exact) mass is 891 g/mol. The van der Waals surface area contributed by atoms with E-state index >= 15 is 0 Å². The fourth-order valence-electron chi connectivity index (χ4n) is 7.29. The normalized spacial score (nSPS) is 12.7. The van der Waals surface area contributed by atoms with E-state index in [1.165, 1.54) is 148 Å². The summed E-state index contributed by atoms with van der Waals surface area (Å²) in [5, 5.41) is 0. The summed E-state index contributed by atoms with van der Waals surface area (Å²) in [6, 6.07) is 0. The van der Waals surface area contributed by atoms with Gasteiger partial charge >= 0.3 is 17.9 Å². The number of hydrogen-bond acceptors (Lipinski definition) is 6. The Bertz CT molecular complexity index is 1250. The minimum absolute atomic E-state index is 0.0994. The first kappa shape index (κ1) is 60.6. The molecule has 366 valence electrons. The number of hydrogen-bond donors (Lipinski definition) is 0. The molecule has 0 spiro atoms. The number of rotatable bonds is 47. The highest BCUT2D eigenvalue weighted by atomic mass is 16.6. The number of esters is 3. The van der Waals surface area contributed by atoms with E-state index in [-0.39, 0.29) is 37.5 Å². The third-order valence-electron chi connectivity index (χ3n) is 11.3. The Kier molecular flexibility index (Phi) is 49.4. The zero-order valence-electron chi connectivity index (χ0n) is 41.8. The second kappa shape index (κ2) is 52.2. The van der Waals surface area contributed by atoms with Gasteiger partial charge in [-0.15, -0.1) is 0 Å². The molecular weight excluding hydrogens is 793 g/mol. The van der Waals surface area contributed by atoms with Gasteiger partial charge in [-0.25, -0.2) is 0 Å². The summed E-state index contributed by atoms with van der Waals surface area (Å²) in [5.41, 5.74) is 0. The molecule has 0 aliphatic carbocycles. The average molecular weight is 891 g/mol. The molecule has 6 heteroatoms. The molecule has 0 aliphatic heterocycles. The van der Waals surface area contributed by atoms with Gasteiger partial charge in [-0.05, 0) is 57.8 Å². The lowest BCUT2D eigenvalue weighted by Gasteiger charge is -2.18.